The number of benzene rings is 2. The summed E-state index contributed by atoms with van der Waals surface area (Å²) >= 11 is 0. The van der Waals surface area contributed by atoms with Gasteiger partial charge >= 0.3 is 0 Å². The summed E-state index contributed by atoms with van der Waals surface area (Å²) in [5.74, 6) is 1.75. The van der Waals surface area contributed by atoms with Gasteiger partial charge in [-0.2, -0.15) is 0 Å². The molecule has 0 aliphatic carbocycles. The van der Waals surface area contributed by atoms with Crippen LogP contribution in [0.1, 0.15) is 24.0 Å². The molecule has 0 aromatic heterocycles. The summed E-state index contributed by atoms with van der Waals surface area (Å²) in [7, 11) is 1.61. The Morgan fingerprint density at radius 2 is 1.90 bits per heavy atom. The molecule has 0 bridgehead atoms. The molecule has 1 heterocycles. The number of carbonyl (C=O) groups excluding carboxylic acids is 1. The van der Waals surface area contributed by atoms with E-state index in [9.17, 15) is 4.79 Å². The number of hydrogen-bond acceptors (Lipinski definition) is 5. The third-order valence-electron chi connectivity index (χ3n) is 5.17. The number of para-hydroxylation sites is 1. The van der Waals surface area contributed by atoms with Crippen molar-refractivity contribution in [1.29, 1.82) is 0 Å². The molecule has 0 spiro atoms. The molecule has 2 aromatic rings. The Kier molecular flexibility index (Phi) is 7.90. The molecule has 29 heavy (non-hydrogen) atoms. The summed E-state index contributed by atoms with van der Waals surface area (Å²) in [6.45, 7) is 5.78. The van der Waals surface area contributed by atoms with Crippen molar-refractivity contribution in [3.05, 3.63) is 53.6 Å². The fourth-order valence-electron chi connectivity index (χ4n) is 3.49. The number of ether oxygens (including phenoxy) is 2. The molecule has 2 aromatic carbocycles. The largest absolute Gasteiger partial charge is 0.493 e. The first kappa shape index (κ1) is 21.1. The maximum absolute atomic E-state index is 12.3. The van der Waals surface area contributed by atoms with Gasteiger partial charge < -0.3 is 25.4 Å². The van der Waals surface area contributed by atoms with E-state index in [2.05, 4.69) is 16.0 Å². The highest BCUT2D eigenvalue weighted by atomic mass is 16.5. The highest BCUT2D eigenvalue weighted by Gasteiger charge is 2.15. The van der Waals surface area contributed by atoms with E-state index in [1.54, 1.807) is 7.11 Å². The third kappa shape index (κ3) is 6.48. The minimum Gasteiger partial charge on any atom is -0.493 e. The van der Waals surface area contributed by atoms with E-state index >= 15 is 0 Å². The number of carbonyl (C=O) groups is 1. The van der Waals surface area contributed by atoms with Crippen LogP contribution in [0.25, 0.3) is 0 Å². The molecular formula is C23H31N3O3. The van der Waals surface area contributed by atoms with E-state index in [1.807, 2.05) is 49.4 Å². The van der Waals surface area contributed by atoms with Gasteiger partial charge in [-0.15, -0.1) is 0 Å². The fraction of sp³-hybridized carbons (Fsp3) is 0.435. The molecule has 1 fully saturated rings. The highest BCUT2D eigenvalue weighted by molar-refractivity contribution is 5.91. The summed E-state index contributed by atoms with van der Waals surface area (Å²) in [5, 5.41) is 9.78. The van der Waals surface area contributed by atoms with Crippen LogP contribution in [0.5, 0.6) is 11.5 Å². The summed E-state index contributed by atoms with van der Waals surface area (Å²) in [4.78, 5) is 12.3. The quantitative estimate of drug-likeness (QED) is 0.606. The molecule has 0 radical (unpaired) electrons. The van der Waals surface area contributed by atoms with E-state index in [1.165, 1.54) is 12.8 Å². The van der Waals surface area contributed by atoms with E-state index < -0.39 is 0 Å². The van der Waals surface area contributed by atoms with Crippen LogP contribution in [-0.2, 0) is 11.3 Å². The van der Waals surface area contributed by atoms with Gasteiger partial charge in [-0.3, -0.25) is 4.79 Å². The first-order valence-electron chi connectivity index (χ1n) is 10.2. The summed E-state index contributed by atoms with van der Waals surface area (Å²) in [6.07, 6.45) is 2.40. The van der Waals surface area contributed by atoms with Crippen molar-refractivity contribution in [2.45, 2.75) is 26.3 Å². The van der Waals surface area contributed by atoms with Crippen LogP contribution < -0.4 is 25.4 Å². The van der Waals surface area contributed by atoms with E-state index in [0.717, 1.165) is 36.4 Å². The predicted octanol–water partition coefficient (Wildman–Crippen LogP) is 3.11. The van der Waals surface area contributed by atoms with Crippen LogP contribution in [0, 0.1) is 12.8 Å². The number of anilines is 1. The summed E-state index contributed by atoms with van der Waals surface area (Å²) < 4.78 is 11.3. The van der Waals surface area contributed by atoms with Crippen molar-refractivity contribution in [1.82, 2.24) is 10.6 Å². The van der Waals surface area contributed by atoms with Crippen molar-refractivity contribution in [3.8, 4) is 11.5 Å². The Hall–Kier alpha value is -2.57. The zero-order valence-corrected chi connectivity index (χ0v) is 17.3. The van der Waals surface area contributed by atoms with E-state index in [0.29, 0.717) is 24.0 Å². The smallest absolute Gasteiger partial charge is 0.262 e. The summed E-state index contributed by atoms with van der Waals surface area (Å²) in [6, 6.07) is 13.5. The number of nitrogens with one attached hydrogen (secondary N) is 3. The van der Waals surface area contributed by atoms with Gasteiger partial charge in [-0.25, -0.2) is 0 Å². The van der Waals surface area contributed by atoms with E-state index in [-0.39, 0.29) is 12.5 Å². The Morgan fingerprint density at radius 1 is 1.14 bits per heavy atom. The lowest BCUT2D eigenvalue weighted by molar-refractivity contribution is -0.118. The minimum absolute atomic E-state index is 0.0739. The average Bonchev–Trinajstić information content (AvgIpc) is 2.75. The first-order valence-corrected chi connectivity index (χ1v) is 10.2. The molecule has 1 saturated heterocycles. The molecule has 3 N–H and O–H groups in total. The van der Waals surface area contributed by atoms with Gasteiger partial charge in [-0.05, 0) is 63.5 Å². The third-order valence-corrected chi connectivity index (χ3v) is 5.17. The van der Waals surface area contributed by atoms with Gasteiger partial charge in [-0.1, -0.05) is 29.8 Å². The highest BCUT2D eigenvalue weighted by Crippen LogP contribution is 2.31. The van der Waals surface area contributed by atoms with Crippen LogP contribution >= 0.6 is 0 Å². The lowest BCUT2D eigenvalue weighted by Crippen LogP contribution is -2.33. The Morgan fingerprint density at radius 3 is 2.62 bits per heavy atom. The lowest BCUT2D eigenvalue weighted by atomic mass is 9.98. The van der Waals surface area contributed by atoms with Crippen molar-refractivity contribution >= 4 is 11.6 Å². The predicted molar refractivity (Wildman–Crippen MR) is 116 cm³/mol. The zero-order chi connectivity index (χ0) is 20.5. The number of piperidine rings is 1. The second-order valence-corrected chi connectivity index (χ2v) is 7.48. The molecule has 1 amide bonds. The monoisotopic (exact) mass is 397 g/mol. The molecule has 3 rings (SSSR count). The SMILES string of the molecule is COc1cccc(CNCC2CCNCC2)c1OCC(=O)Nc1ccc(C)cc1. The number of hydrogen-bond donors (Lipinski definition) is 3. The standard InChI is InChI=1S/C23H31N3O3/c1-17-6-8-20(9-7-17)26-22(27)16-29-23-19(4-3-5-21(23)28-2)15-25-14-18-10-12-24-13-11-18/h3-9,18,24-25H,10-16H2,1-2H3,(H,26,27). The molecule has 0 unspecified atom stereocenters. The van der Waals surface area contributed by atoms with Crippen LogP contribution in [0.2, 0.25) is 0 Å². The normalized spacial score (nSPS) is 14.4. The number of rotatable bonds is 9. The summed E-state index contributed by atoms with van der Waals surface area (Å²) in [5.41, 5.74) is 2.89. The molecule has 0 saturated carbocycles. The van der Waals surface area contributed by atoms with Gasteiger partial charge in [0.1, 0.15) is 0 Å². The van der Waals surface area contributed by atoms with Gasteiger partial charge in [0.15, 0.2) is 18.1 Å². The van der Waals surface area contributed by atoms with E-state index in [4.69, 9.17) is 9.47 Å². The fourth-order valence-corrected chi connectivity index (χ4v) is 3.49. The Labute approximate surface area is 173 Å². The molecular weight excluding hydrogens is 366 g/mol. The van der Waals surface area contributed by atoms with Crippen molar-refractivity contribution < 1.29 is 14.3 Å². The molecule has 6 nitrogen and oxygen atoms in total. The minimum atomic E-state index is -0.201. The maximum atomic E-state index is 12.3. The lowest BCUT2D eigenvalue weighted by Gasteiger charge is -2.23. The van der Waals surface area contributed by atoms with Crippen LogP contribution in [0.15, 0.2) is 42.5 Å². The number of aryl methyl sites for hydroxylation is 1. The van der Waals surface area contributed by atoms with Gasteiger partial charge in [0.05, 0.1) is 7.11 Å². The average molecular weight is 398 g/mol. The van der Waals surface area contributed by atoms with Gasteiger partial charge in [0, 0.05) is 17.8 Å². The molecule has 0 atom stereocenters. The number of amides is 1. The maximum Gasteiger partial charge on any atom is 0.262 e. The molecule has 1 aliphatic heterocycles. The Balaban J connectivity index is 1.56. The second-order valence-electron chi connectivity index (χ2n) is 7.48. The molecule has 156 valence electrons. The van der Waals surface area contributed by atoms with Gasteiger partial charge in [0.2, 0.25) is 0 Å². The topological polar surface area (TPSA) is 71.6 Å². The first-order chi connectivity index (χ1) is 14.2. The molecule has 6 heteroatoms. The van der Waals surface area contributed by atoms with Crippen molar-refractivity contribution in [3.63, 3.8) is 0 Å². The van der Waals surface area contributed by atoms with Gasteiger partial charge in [0.25, 0.3) is 5.91 Å². The number of methoxy groups -OCH3 is 1. The zero-order valence-electron chi connectivity index (χ0n) is 17.3. The van der Waals surface area contributed by atoms with Crippen LogP contribution in [0.3, 0.4) is 0 Å². The van der Waals surface area contributed by atoms with Crippen molar-refractivity contribution in [2.24, 2.45) is 5.92 Å². The van der Waals surface area contributed by atoms with Crippen molar-refractivity contribution in [2.75, 3.05) is 38.7 Å². The van der Waals surface area contributed by atoms with Crippen LogP contribution in [0.4, 0.5) is 5.69 Å². The molecule has 1 aliphatic rings. The second kappa shape index (κ2) is 10.8. The Bertz CT molecular complexity index is 786. The van der Waals surface area contributed by atoms with Crippen LogP contribution in [-0.4, -0.2) is 39.3 Å².